The van der Waals surface area contributed by atoms with Gasteiger partial charge in [0, 0.05) is 85.9 Å². The summed E-state index contributed by atoms with van der Waals surface area (Å²) in [7, 11) is -7.00. The van der Waals surface area contributed by atoms with Crippen molar-refractivity contribution < 1.29 is 27.0 Å². The smallest absolute Gasteiger partial charge is 0.270 e. The maximum atomic E-state index is 12.6. The Kier molecular flexibility index (Phi) is 11.4. The predicted molar refractivity (Wildman–Crippen MR) is 199 cm³/mol. The number of piperazine rings is 2. The van der Waals surface area contributed by atoms with E-state index >= 15 is 0 Å². The third kappa shape index (κ3) is 8.56. The van der Waals surface area contributed by atoms with Gasteiger partial charge in [0.25, 0.3) is 20.0 Å². The highest BCUT2D eigenvalue weighted by molar-refractivity contribution is 7.91. The minimum absolute atomic E-state index is 0.0523. The first kappa shape index (κ1) is 38.3. The van der Waals surface area contributed by atoms with Crippen LogP contribution in [0.1, 0.15) is 52.7 Å². The maximum Gasteiger partial charge on any atom is 0.270 e. The van der Waals surface area contributed by atoms with Crippen LogP contribution < -0.4 is 9.80 Å². The monoisotopic (exact) mass is 762 g/mol. The maximum absolute atomic E-state index is 12.6. The van der Waals surface area contributed by atoms with E-state index in [9.17, 15) is 27.0 Å². The summed E-state index contributed by atoms with van der Waals surface area (Å²) in [4.78, 5) is 12.3. The lowest BCUT2D eigenvalue weighted by atomic mass is 9.98. The van der Waals surface area contributed by atoms with Crippen molar-refractivity contribution in [2.45, 2.75) is 73.5 Å². The second kappa shape index (κ2) is 14.9. The van der Waals surface area contributed by atoms with Gasteiger partial charge in [-0.15, -0.1) is 22.7 Å². The summed E-state index contributed by atoms with van der Waals surface area (Å²) in [5, 5.41) is 23.5. The zero-order valence-electron chi connectivity index (χ0n) is 29.2. The van der Waals surface area contributed by atoms with Crippen LogP contribution in [0, 0.1) is 0 Å². The van der Waals surface area contributed by atoms with Crippen molar-refractivity contribution in [3.8, 4) is 0 Å². The van der Waals surface area contributed by atoms with Crippen molar-refractivity contribution in [3.63, 3.8) is 0 Å². The normalized spacial score (nSPS) is 20.0. The van der Waals surface area contributed by atoms with Crippen LogP contribution in [-0.4, -0.2) is 97.0 Å². The molecule has 2 aromatic heterocycles. The van der Waals surface area contributed by atoms with Crippen LogP contribution in [0.5, 0.6) is 0 Å². The standard InChI is InChI=1S/2C17H23N3O3S2/c2*1-13-12-19(25(22,23)16-18-8-11-24-16)9-10-20(13)15-6-4-14(5-7-15)17(2,3)21/h2*4-8,11,13,21H,9-10,12H2,1-3H3/t2*13-/m00/s1. The third-order valence-corrected chi connectivity index (χ3v) is 15.0. The van der Waals surface area contributed by atoms with Gasteiger partial charge in [-0.05, 0) is 76.9 Å². The molecule has 0 saturated carbocycles. The van der Waals surface area contributed by atoms with Gasteiger partial charge in [0.2, 0.25) is 8.68 Å². The summed E-state index contributed by atoms with van der Waals surface area (Å²) in [6, 6.07) is 15.7. The fourth-order valence-corrected chi connectivity index (χ4v) is 11.0. The Morgan fingerprint density at radius 3 is 1.22 bits per heavy atom. The molecule has 2 aromatic carbocycles. The lowest BCUT2D eigenvalue weighted by Gasteiger charge is -2.40. The predicted octanol–water partition coefficient (Wildman–Crippen LogP) is 4.54. The Bertz CT molecular complexity index is 1770. The number of aliphatic hydroxyl groups is 2. The summed E-state index contributed by atoms with van der Waals surface area (Å²) in [6.45, 7) is 14.0. The van der Waals surface area contributed by atoms with Gasteiger partial charge in [-0.25, -0.2) is 26.8 Å². The number of rotatable bonds is 8. The number of anilines is 2. The number of thiazole rings is 2. The minimum Gasteiger partial charge on any atom is -0.386 e. The molecule has 6 rings (SSSR count). The molecule has 0 amide bonds. The Hall–Kier alpha value is -2.96. The molecule has 2 fully saturated rings. The molecule has 50 heavy (non-hydrogen) atoms. The van der Waals surface area contributed by atoms with Gasteiger partial charge in [0.05, 0.1) is 11.2 Å². The van der Waals surface area contributed by atoms with E-state index in [2.05, 4.69) is 19.8 Å². The second-order valence-corrected chi connectivity index (χ2v) is 19.6. The summed E-state index contributed by atoms with van der Waals surface area (Å²) in [6.07, 6.45) is 3.03. The highest BCUT2D eigenvalue weighted by Gasteiger charge is 2.35. The Labute approximate surface area is 303 Å². The van der Waals surface area contributed by atoms with Crippen LogP contribution in [0.25, 0.3) is 0 Å². The molecule has 4 heterocycles. The summed E-state index contributed by atoms with van der Waals surface area (Å²) in [5.74, 6) is 0. The van der Waals surface area contributed by atoms with E-state index < -0.39 is 31.2 Å². The van der Waals surface area contributed by atoms with Crippen molar-refractivity contribution in [1.82, 2.24) is 18.6 Å². The molecule has 0 radical (unpaired) electrons. The lowest BCUT2D eigenvalue weighted by Crippen LogP contribution is -2.53. The first-order valence-corrected chi connectivity index (χ1v) is 21.0. The average Bonchev–Trinajstić information content (AvgIpc) is 3.81. The Morgan fingerprint density at radius 1 is 0.620 bits per heavy atom. The third-order valence-electron chi connectivity index (χ3n) is 8.93. The molecule has 2 N–H and O–H groups in total. The van der Waals surface area contributed by atoms with E-state index in [0.717, 1.165) is 45.2 Å². The molecule has 16 heteroatoms. The van der Waals surface area contributed by atoms with E-state index in [1.54, 1.807) is 38.5 Å². The molecule has 272 valence electrons. The highest BCUT2D eigenvalue weighted by atomic mass is 32.3. The number of hydrogen-bond acceptors (Lipinski definition) is 12. The van der Waals surface area contributed by atoms with E-state index in [-0.39, 0.29) is 20.8 Å². The van der Waals surface area contributed by atoms with E-state index in [1.165, 1.54) is 21.0 Å². The van der Waals surface area contributed by atoms with Crippen LogP contribution >= 0.6 is 22.7 Å². The van der Waals surface area contributed by atoms with Crippen LogP contribution in [0.2, 0.25) is 0 Å². The fourth-order valence-electron chi connectivity index (χ4n) is 6.07. The number of benzene rings is 2. The summed E-state index contributed by atoms with van der Waals surface area (Å²) >= 11 is 2.30. The van der Waals surface area contributed by atoms with Gasteiger partial charge in [-0.1, -0.05) is 24.3 Å². The molecule has 2 atom stereocenters. The molecular weight excluding hydrogens is 717 g/mol. The SMILES string of the molecule is C[C@H]1CN(S(=O)(=O)c2nccs2)CCN1c1ccc(C(C)(C)O)cc1.C[C@H]1CN(S(=O)(=O)c2nccs2)CCN1c1ccc(C(C)(C)O)cc1. The quantitative estimate of drug-likeness (QED) is 0.262. The molecule has 4 aromatic rings. The van der Waals surface area contributed by atoms with Gasteiger partial charge in [-0.3, -0.25) is 0 Å². The largest absolute Gasteiger partial charge is 0.386 e. The van der Waals surface area contributed by atoms with Crippen LogP contribution in [0.4, 0.5) is 11.4 Å². The van der Waals surface area contributed by atoms with Crippen molar-refractivity contribution in [1.29, 1.82) is 0 Å². The van der Waals surface area contributed by atoms with Crippen LogP contribution in [0.3, 0.4) is 0 Å². The first-order chi connectivity index (χ1) is 23.4. The number of hydrogen-bond donors (Lipinski definition) is 2. The van der Waals surface area contributed by atoms with Gasteiger partial charge < -0.3 is 20.0 Å². The minimum atomic E-state index is -3.50. The zero-order chi connectivity index (χ0) is 36.5. The zero-order valence-corrected chi connectivity index (χ0v) is 32.4. The average molecular weight is 763 g/mol. The van der Waals surface area contributed by atoms with Crippen LogP contribution in [0.15, 0.2) is 80.4 Å². The molecule has 0 bridgehead atoms. The Balaban J connectivity index is 0.000000194. The summed E-state index contributed by atoms with van der Waals surface area (Å²) < 4.78 is 53.8. The highest BCUT2D eigenvalue weighted by Crippen LogP contribution is 2.29. The first-order valence-electron chi connectivity index (χ1n) is 16.4. The Morgan fingerprint density at radius 2 is 0.960 bits per heavy atom. The van der Waals surface area contributed by atoms with Gasteiger partial charge in [0.15, 0.2) is 0 Å². The van der Waals surface area contributed by atoms with Crippen molar-refractivity contribution in [2.75, 3.05) is 49.1 Å². The fraction of sp³-hybridized carbons (Fsp3) is 0.471. The molecule has 0 aliphatic carbocycles. The summed E-state index contributed by atoms with van der Waals surface area (Å²) in [5.41, 5.74) is 2.04. The topological polar surface area (TPSA) is 147 Å². The van der Waals surface area contributed by atoms with Crippen LogP contribution in [-0.2, 0) is 31.2 Å². The molecular formula is C34H46N6O6S4. The molecule has 12 nitrogen and oxygen atoms in total. The van der Waals surface area contributed by atoms with E-state index in [4.69, 9.17) is 0 Å². The number of sulfonamides is 2. The molecule has 2 aliphatic heterocycles. The van der Waals surface area contributed by atoms with E-state index in [0.29, 0.717) is 39.3 Å². The second-order valence-electron chi connectivity index (χ2n) is 13.6. The van der Waals surface area contributed by atoms with Gasteiger partial charge in [-0.2, -0.15) is 8.61 Å². The lowest BCUT2D eigenvalue weighted by molar-refractivity contribution is 0.0780. The van der Waals surface area contributed by atoms with Gasteiger partial charge in [0.1, 0.15) is 0 Å². The number of aromatic nitrogens is 2. The van der Waals surface area contributed by atoms with Crippen molar-refractivity contribution in [2.24, 2.45) is 0 Å². The molecule has 2 saturated heterocycles. The van der Waals surface area contributed by atoms with Crippen molar-refractivity contribution >= 4 is 54.1 Å². The molecule has 0 unspecified atom stereocenters. The van der Waals surface area contributed by atoms with Crippen molar-refractivity contribution in [3.05, 3.63) is 82.8 Å². The number of nitrogens with zero attached hydrogens (tertiary/aromatic N) is 6. The van der Waals surface area contributed by atoms with E-state index in [1.807, 2.05) is 62.4 Å². The van der Waals surface area contributed by atoms with Gasteiger partial charge >= 0.3 is 0 Å². The molecule has 0 spiro atoms. The molecule has 2 aliphatic rings.